The molecule has 1 saturated heterocycles. The lowest BCUT2D eigenvalue weighted by Crippen LogP contribution is -2.51. The highest BCUT2D eigenvalue weighted by Crippen LogP contribution is 2.41. The molecule has 5 rings (SSSR count). The van der Waals surface area contributed by atoms with Crippen molar-refractivity contribution in [2.24, 2.45) is 5.73 Å². The zero-order chi connectivity index (χ0) is 27.8. The van der Waals surface area contributed by atoms with Gasteiger partial charge in [-0.3, -0.25) is 9.69 Å². The average Bonchev–Trinajstić information content (AvgIpc) is 3.70. The van der Waals surface area contributed by atoms with Crippen LogP contribution in [0.4, 0.5) is 19.0 Å². The van der Waals surface area contributed by atoms with Gasteiger partial charge in [0.1, 0.15) is 5.82 Å². The Hall–Kier alpha value is -3.50. The zero-order valence-corrected chi connectivity index (χ0v) is 22.1. The molecule has 2 fully saturated rings. The molecule has 1 aliphatic heterocycles. The normalized spacial score (nSPS) is 18.1. The second-order valence-electron chi connectivity index (χ2n) is 10.6. The molecule has 7 nitrogen and oxygen atoms in total. The summed E-state index contributed by atoms with van der Waals surface area (Å²) in [6, 6.07) is 12.1. The van der Waals surface area contributed by atoms with E-state index in [1.54, 1.807) is 30.5 Å². The van der Waals surface area contributed by atoms with Gasteiger partial charge in [0.15, 0.2) is 0 Å². The maximum absolute atomic E-state index is 13.3. The van der Waals surface area contributed by atoms with Crippen LogP contribution in [0, 0.1) is 0 Å². The number of halogens is 3. The van der Waals surface area contributed by atoms with Gasteiger partial charge in [0.2, 0.25) is 5.82 Å². The van der Waals surface area contributed by atoms with Gasteiger partial charge in [0, 0.05) is 44.5 Å². The number of nitrogens with zero attached hydrogens (tertiary/aromatic N) is 4. The summed E-state index contributed by atoms with van der Waals surface area (Å²) in [4.78, 5) is 26.4. The molecule has 1 saturated carbocycles. The fourth-order valence-electron chi connectivity index (χ4n) is 5.10. The fraction of sp³-hybridized carbons (Fsp3) is 0.414. The smallest absolute Gasteiger partial charge is 0.354 e. The molecule has 3 N–H and O–H groups in total. The van der Waals surface area contributed by atoms with Gasteiger partial charge in [-0.1, -0.05) is 30.3 Å². The third-order valence-corrected chi connectivity index (χ3v) is 7.91. The number of rotatable bonds is 7. The van der Waals surface area contributed by atoms with Crippen LogP contribution in [0.2, 0.25) is 0 Å². The van der Waals surface area contributed by atoms with Crippen molar-refractivity contribution in [3.63, 3.8) is 0 Å². The topological polar surface area (TPSA) is 87.4 Å². The minimum atomic E-state index is -4.44. The van der Waals surface area contributed by atoms with Gasteiger partial charge in [0.25, 0.3) is 5.91 Å². The van der Waals surface area contributed by atoms with Crippen LogP contribution < -0.4 is 16.0 Å². The lowest BCUT2D eigenvalue weighted by Gasteiger charge is -2.38. The highest BCUT2D eigenvalue weighted by molar-refractivity contribution is 5.91. The first-order chi connectivity index (χ1) is 18.6. The summed E-state index contributed by atoms with van der Waals surface area (Å²) in [6.07, 6.45) is -0.323. The number of aromatic nitrogens is 2. The van der Waals surface area contributed by atoms with Crippen molar-refractivity contribution >= 4 is 11.7 Å². The van der Waals surface area contributed by atoms with Crippen LogP contribution in [-0.4, -0.2) is 52.5 Å². The van der Waals surface area contributed by atoms with Gasteiger partial charge < -0.3 is 16.0 Å². The number of hydrogen-bond acceptors (Lipinski definition) is 6. The second-order valence-corrected chi connectivity index (χ2v) is 10.6. The predicted octanol–water partition coefficient (Wildman–Crippen LogP) is 4.79. The van der Waals surface area contributed by atoms with E-state index in [9.17, 15) is 18.0 Å². The van der Waals surface area contributed by atoms with Gasteiger partial charge in [-0.05, 0) is 67.1 Å². The maximum atomic E-state index is 13.3. The van der Waals surface area contributed by atoms with Gasteiger partial charge in [0.05, 0.1) is 11.6 Å². The number of nitrogens with one attached hydrogen (secondary N) is 1. The van der Waals surface area contributed by atoms with Crippen LogP contribution in [0.3, 0.4) is 0 Å². The lowest BCUT2D eigenvalue weighted by atomic mass is 9.95. The standard InChI is InChI=1S/C29H33F3N6O/c1-19(20-3-5-21(6-4-20)24-17-23(29(30,31)32)8-7-22(24)18-33)35-27(39)26-34-12-9-25(36-26)37-13-15-38(16-14-37)28(2)10-11-28/h3-9,12,17,19H,10-11,13-16,18,33H2,1-2H3,(H,35,39)/t19-/m1/s1. The molecule has 206 valence electrons. The highest BCUT2D eigenvalue weighted by atomic mass is 19.4. The third-order valence-electron chi connectivity index (χ3n) is 7.91. The molecule has 2 heterocycles. The van der Waals surface area contributed by atoms with Crippen molar-refractivity contribution < 1.29 is 18.0 Å². The van der Waals surface area contributed by atoms with Crippen molar-refractivity contribution in [3.05, 3.63) is 77.2 Å². The molecule has 3 aromatic rings. The number of benzene rings is 2. The Bertz CT molecular complexity index is 1330. The van der Waals surface area contributed by atoms with E-state index in [4.69, 9.17) is 5.73 Å². The van der Waals surface area contributed by atoms with Crippen molar-refractivity contribution in [3.8, 4) is 11.1 Å². The number of hydrogen-bond donors (Lipinski definition) is 2. The van der Waals surface area contributed by atoms with Crippen LogP contribution >= 0.6 is 0 Å². The first-order valence-corrected chi connectivity index (χ1v) is 13.2. The number of alkyl halides is 3. The zero-order valence-electron chi connectivity index (χ0n) is 22.1. The van der Waals surface area contributed by atoms with E-state index in [2.05, 4.69) is 32.0 Å². The van der Waals surface area contributed by atoms with E-state index in [1.165, 1.54) is 18.9 Å². The summed E-state index contributed by atoms with van der Waals surface area (Å²) in [5.74, 6) is 0.453. The van der Waals surface area contributed by atoms with Crippen LogP contribution in [0.1, 0.15) is 60.0 Å². The predicted molar refractivity (Wildman–Crippen MR) is 144 cm³/mol. The van der Waals surface area contributed by atoms with Crippen molar-refractivity contribution in [1.82, 2.24) is 20.2 Å². The van der Waals surface area contributed by atoms with Crippen LogP contribution in [0.15, 0.2) is 54.7 Å². The molecule has 0 unspecified atom stereocenters. The summed E-state index contributed by atoms with van der Waals surface area (Å²) in [6.45, 7) is 7.93. The fourth-order valence-corrected chi connectivity index (χ4v) is 5.10. The van der Waals surface area contributed by atoms with E-state index in [1.807, 2.05) is 13.0 Å². The molecule has 39 heavy (non-hydrogen) atoms. The second kappa shape index (κ2) is 10.6. The van der Waals surface area contributed by atoms with Gasteiger partial charge in [-0.2, -0.15) is 13.2 Å². The SMILES string of the molecule is C[C@@H](NC(=O)c1nccc(N2CCN(C3(C)CC3)CC2)n1)c1ccc(-c2cc(C(F)(F)F)ccc2CN)cc1. The molecule has 1 aliphatic carbocycles. The molecule has 0 spiro atoms. The molecular formula is C29H33F3N6O. The van der Waals surface area contributed by atoms with Gasteiger partial charge in [-0.15, -0.1) is 0 Å². The monoisotopic (exact) mass is 538 g/mol. The Morgan fingerprint density at radius 1 is 1.08 bits per heavy atom. The minimum absolute atomic E-state index is 0.101. The van der Waals surface area contributed by atoms with Gasteiger partial charge >= 0.3 is 6.18 Å². The number of nitrogens with two attached hydrogens (primary N) is 1. The molecule has 2 aromatic carbocycles. The Morgan fingerprint density at radius 3 is 2.38 bits per heavy atom. The summed E-state index contributed by atoms with van der Waals surface area (Å²) in [7, 11) is 0. The molecule has 1 atom stereocenters. The van der Waals surface area contributed by atoms with Crippen LogP contribution in [-0.2, 0) is 12.7 Å². The summed E-state index contributed by atoms with van der Waals surface area (Å²) >= 11 is 0. The number of carbonyl (C=O) groups excluding carboxylic acids is 1. The van der Waals surface area contributed by atoms with Crippen LogP contribution in [0.5, 0.6) is 0 Å². The first-order valence-electron chi connectivity index (χ1n) is 13.2. The Labute approximate surface area is 226 Å². The first kappa shape index (κ1) is 27.1. The molecule has 0 bridgehead atoms. The number of carbonyl (C=O) groups is 1. The van der Waals surface area contributed by atoms with E-state index >= 15 is 0 Å². The molecule has 1 amide bonds. The molecule has 0 radical (unpaired) electrons. The summed E-state index contributed by atoms with van der Waals surface area (Å²) in [5, 5.41) is 2.93. The molecule has 10 heteroatoms. The minimum Gasteiger partial charge on any atom is -0.354 e. The van der Waals surface area contributed by atoms with Crippen molar-refractivity contribution in [2.75, 3.05) is 31.1 Å². The number of piperazine rings is 1. The summed E-state index contributed by atoms with van der Waals surface area (Å²) < 4.78 is 39.8. The number of amides is 1. The maximum Gasteiger partial charge on any atom is 0.416 e. The van der Waals surface area contributed by atoms with E-state index in [-0.39, 0.29) is 24.3 Å². The Balaban J connectivity index is 1.24. The molecular weight excluding hydrogens is 505 g/mol. The summed E-state index contributed by atoms with van der Waals surface area (Å²) in [5.41, 5.74) is 7.89. The highest BCUT2D eigenvalue weighted by Gasteiger charge is 2.44. The largest absolute Gasteiger partial charge is 0.416 e. The third kappa shape index (κ3) is 5.91. The van der Waals surface area contributed by atoms with Crippen molar-refractivity contribution in [1.29, 1.82) is 0 Å². The number of anilines is 1. The van der Waals surface area contributed by atoms with E-state index in [0.29, 0.717) is 22.2 Å². The lowest BCUT2D eigenvalue weighted by molar-refractivity contribution is -0.137. The average molecular weight is 539 g/mol. The molecule has 1 aromatic heterocycles. The van der Waals surface area contributed by atoms with Gasteiger partial charge in [-0.25, -0.2) is 9.97 Å². The quantitative estimate of drug-likeness (QED) is 0.450. The molecule has 2 aliphatic rings. The van der Waals surface area contributed by atoms with E-state index in [0.717, 1.165) is 49.7 Å². The Morgan fingerprint density at radius 2 is 1.77 bits per heavy atom. The van der Waals surface area contributed by atoms with Crippen LogP contribution in [0.25, 0.3) is 11.1 Å². The van der Waals surface area contributed by atoms with E-state index < -0.39 is 11.7 Å². The van der Waals surface area contributed by atoms with Crippen molar-refractivity contribution in [2.45, 2.75) is 51.0 Å². The Kier molecular flexibility index (Phi) is 7.35.